The summed E-state index contributed by atoms with van der Waals surface area (Å²) >= 11 is 0. The highest BCUT2D eigenvalue weighted by atomic mass is 16.5. The first-order valence-corrected chi connectivity index (χ1v) is 11.4. The van der Waals surface area contributed by atoms with Crippen molar-refractivity contribution in [2.24, 2.45) is 7.05 Å². The van der Waals surface area contributed by atoms with Crippen LogP contribution in [0.25, 0.3) is 22.0 Å². The molecule has 4 aromatic rings. The van der Waals surface area contributed by atoms with Crippen LogP contribution in [0.5, 0.6) is 0 Å². The highest BCUT2D eigenvalue weighted by Gasteiger charge is 2.19. The Morgan fingerprint density at radius 3 is 2.40 bits per heavy atom. The van der Waals surface area contributed by atoms with Crippen LogP contribution in [0.2, 0.25) is 0 Å². The lowest BCUT2D eigenvalue weighted by Gasteiger charge is -2.19. The number of carbonyl (C=O) groups is 2. The Morgan fingerprint density at radius 1 is 1.03 bits per heavy atom. The first-order chi connectivity index (χ1) is 16.6. The zero-order valence-corrected chi connectivity index (χ0v) is 20.6. The molecular weight excluding hydrogens is 442 g/mol. The number of carbonyl (C=O) groups excluding carboxylic acids is 2. The number of hydrogen-bond acceptors (Lipinski definition) is 4. The van der Waals surface area contributed by atoms with Crippen LogP contribution >= 0.6 is 0 Å². The van der Waals surface area contributed by atoms with Crippen LogP contribution in [0.4, 0.5) is 5.69 Å². The van der Waals surface area contributed by atoms with Gasteiger partial charge < -0.3 is 19.6 Å². The summed E-state index contributed by atoms with van der Waals surface area (Å²) in [6, 6.07) is 14.9. The summed E-state index contributed by atoms with van der Waals surface area (Å²) in [6.07, 6.45) is 3.47. The number of ether oxygens (including phenoxy) is 1. The number of nitrogens with zero attached hydrogens (tertiary/aromatic N) is 1. The average Bonchev–Trinajstić information content (AvgIpc) is 3.30. The van der Waals surface area contributed by atoms with Gasteiger partial charge in [0.1, 0.15) is 12.1 Å². The standard InChI is InChI=1S/C28H29N3O4/c1-17(32)35-16-23-20(22-15-31(5)27(34)25-21(22)13-14-29-25)7-6-8-24(23)30-26(33)18-9-11-19(12-10-18)28(2,3)4/h6-15,29H,16H2,1-5H3,(H,30,33). The molecule has 2 heterocycles. The van der Waals surface area contributed by atoms with E-state index >= 15 is 0 Å². The van der Waals surface area contributed by atoms with Crippen LogP contribution in [0, 0.1) is 0 Å². The number of fused-ring (bicyclic) bond motifs is 1. The van der Waals surface area contributed by atoms with Crippen molar-refractivity contribution in [3.63, 3.8) is 0 Å². The van der Waals surface area contributed by atoms with Crippen molar-refractivity contribution in [1.82, 2.24) is 9.55 Å². The molecule has 2 N–H and O–H groups in total. The number of aryl methyl sites for hydroxylation is 1. The Morgan fingerprint density at radius 2 is 1.74 bits per heavy atom. The van der Waals surface area contributed by atoms with Gasteiger partial charge in [-0.05, 0) is 40.8 Å². The fraction of sp³-hybridized carbons (Fsp3) is 0.250. The number of rotatable bonds is 5. The van der Waals surface area contributed by atoms with Gasteiger partial charge in [-0.25, -0.2) is 0 Å². The second-order valence-corrected chi connectivity index (χ2v) is 9.62. The van der Waals surface area contributed by atoms with Crippen molar-refractivity contribution in [3.05, 3.63) is 88.0 Å². The minimum atomic E-state index is -0.429. The van der Waals surface area contributed by atoms with Crippen molar-refractivity contribution in [2.75, 3.05) is 5.32 Å². The summed E-state index contributed by atoms with van der Waals surface area (Å²) in [6.45, 7) is 7.67. The lowest BCUT2D eigenvalue weighted by atomic mass is 9.86. The number of amides is 1. The van der Waals surface area contributed by atoms with E-state index < -0.39 is 5.97 Å². The van der Waals surface area contributed by atoms with E-state index in [2.05, 4.69) is 31.1 Å². The average molecular weight is 472 g/mol. The van der Waals surface area contributed by atoms with Gasteiger partial charge in [0.05, 0.1) is 0 Å². The number of esters is 1. The lowest BCUT2D eigenvalue weighted by molar-refractivity contribution is -0.142. The van der Waals surface area contributed by atoms with Crippen LogP contribution in [-0.2, 0) is 28.6 Å². The topological polar surface area (TPSA) is 93.2 Å². The number of aromatic nitrogens is 2. The maximum Gasteiger partial charge on any atom is 0.302 e. The Balaban J connectivity index is 1.78. The summed E-state index contributed by atoms with van der Waals surface area (Å²) in [4.78, 5) is 40.3. The highest BCUT2D eigenvalue weighted by Crippen LogP contribution is 2.34. The molecule has 4 rings (SSSR count). The highest BCUT2D eigenvalue weighted by molar-refractivity contribution is 6.05. The third kappa shape index (κ3) is 4.89. The maximum absolute atomic E-state index is 13.1. The molecule has 0 aliphatic heterocycles. The zero-order chi connectivity index (χ0) is 25.3. The van der Waals surface area contributed by atoms with Crippen LogP contribution in [-0.4, -0.2) is 21.4 Å². The predicted molar refractivity (Wildman–Crippen MR) is 138 cm³/mol. The first kappa shape index (κ1) is 24.0. The van der Waals surface area contributed by atoms with Gasteiger partial charge in [0, 0.05) is 54.1 Å². The van der Waals surface area contributed by atoms with Crippen molar-refractivity contribution in [3.8, 4) is 11.1 Å². The molecule has 35 heavy (non-hydrogen) atoms. The molecule has 180 valence electrons. The fourth-order valence-electron chi connectivity index (χ4n) is 4.09. The predicted octanol–water partition coefficient (Wildman–Crippen LogP) is 5.15. The van der Waals surface area contributed by atoms with Crippen molar-refractivity contribution >= 4 is 28.5 Å². The van der Waals surface area contributed by atoms with Gasteiger partial charge in [-0.15, -0.1) is 0 Å². The van der Waals surface area contributed by atoms with Crippen LogP contribution in [0.15, 0.2) is 65.7 Å². The van der Waals surface area contributed by atoms with Gasteiger partial charge in [-0.1, -0.05) is 45.0 Å². The Kier molecular flexibility index (Phi) is 6.35. The second kappa shape index (κ2) is 9.25. The molecule has 2 aromatic carbocycles. The second-order valence-electron chi connectivity index (χ2n) is 9.62. The van der Waals surface area contributed by atoms with Crippen LogP contribution < -0.4 is 10.9 Å². The summed E-state index contributed by atoms with van der Waals surface area (Å²) in [5, 5.41) is 3.73. The van der Waals surface area contributed by atoms with E-state index in [1.54, 1.807) is 25.5 Å². The molecule has 1 amide bonds. The summed E-state index contributed by atoms with van der Waals surface area (Å²) in [5.41, 5.74) is 4.71. The smallest absolute Gasteiger partial charge is 0.302 e. The molecule has 7 heteroatoms. The van der Waals surface area contributed by atoms with E-state index in [1.165, 1.54) is 11.5 Å². The van der Waals surface area contributed by atoms with E-state index in [1.807, 2.05) is 42.5 Å². The number of nitrogens with one attached hydrogen (secondary N) is 2. The van der Waals surface area contributed by atoms with Gasteiger partial charge in [-0.3, -0.25) is 14.4 Å². The molecule has 0 atom stereocenters. The molecule has 7 nitrogen and oxygen atoms in total. The first-order valence-electron chi connectivity index (χ1n) is 11.4. The molecule has 0 saturated carbocycles. The molecule has 0 spiro atoms. The Bertz CT molecular complexity index is 1470. The van der Waals surface area contributed by atoms with Gasteiger partial charge in [0.15, 0.2) is 0 Å². The van der Waals surface area contributed by atoms with Crippen LogP contribution in [0.1, 0.15) is 49.2 Å². The van der Waals surface area contributed by atoms with E-state index in [0.29, 0.717) is 22.3 Å². The van der Waals surface area contributed by atoms with E-state index in [-0.39, 0.29) is 23.5 Å². The van der Waals surface area contributed by atoms with E-state index in [0.717, 1.165) is 22.1 Å². The number of benzene rings is 2. The molecular formula is C28H29N3O4. The van der Waals surface area contributed by atoms with Gasteiger partial charge in [0.2, 0.25) is 0 Å². The summed E-state index contributed by atoms with van der Waals surface area (Å²) in [7, 11) is 1.69. The van der Waals surface area contributed by atoms with Gasteiger partial charge in [-0.2, -0.15) is 0 Å². The van der Waals surface area contributed by atoms with Gasteiger partial charge in [0.25, 0.3) is 11.5 Å². The van der Waals surface area contributed by atoms with Crippen molar-refractivity contribution in [2.45, 2.75) is 39.7 Å². The third-order valence-corrected chi connectivity index (χ3v) is 6.04. The number of anilines is 1. The van der Waals surface area contributed by atoms with E-state index in [4.69, 9.17) is 4.74 Å². The fourth-order valence-corrected chi connectivity index (χ4v) is 4.09. The molecule has 0 fully saturated rings. The van der Waals surface area contributed by atoms with E-state index in [9.17, 15) is 14.4 Å². The third-order valence-electron chi connectivity index (χ3n) is 6.04. The Labute approximate surface area is 203 Å². The normalized spacial score (nSPS) is 11.5. The molecule has 0 aliphatic rings. The number of pyridine rings is 1. The number of aromatic amines is 1. The monoisotopic (exact) mass is 471 g/mol. The summed E-state index contributed by atoms with van der Waals surface area (Å²) in [5.74, 6) is -0.693. The molecule has 0 aliphatic carbocycles. The van der Waals surface area contributed by atoms with Crippen molar-refractivity contribution in [1.29, 1.82) is 0 Å². The molecule has 0 bridgehead atoms. The van der Waals surface area contributed by atoms with Crippen molar-refractivity contribution < 1.29 is 14.3 Å². The SMILES string of the molecule is CC(=O)OCc1c(NC(=O)c2ccc(C(C)(C)C)cc2)cccc1-c1cn(C)c(=O)c2[nH]ccc12. The lowest BCUT2D eigenvalue weighted by Crippen LogP contribution is -2.17. The molecule has 0 radical (unpaired) electrons. The number of H-pyrrole nitrogens is 1. The summed E-state index contributed by atoms with van der Waals surface area (Å²) < 4.78 is 6.86. The molecule has 0 saturated heterocycles. The Hall–Kier alpha value is -4.13. The van der Waals surface area contributed by atoms with Gasteiger partial charge >= 0.3 is 5.97 Å². The molecule has 0 unspecified atom stereocenters. The zero-order valence-electron chi connectivity index (χ0n) is 20.6. The largest absolute Gasteiger partial charge is 0.461 e. The minimum absolute atomic E-state index is 0.0140. The number of hydrogen-bond donors (Lipinski definition) is 2. The molecule has 2 aromatic heterocycles. The quantitative estimate of drug-likeness (QED) is 0.394. The van der Waals surface area contributed by atoms with Crippen LogP contribution in [0.3, 0.4) is 0 Å². The minimum Gasteiger partial charge on any atom is -0.461 e. The maximum atomic E-state index is 13.1.